The second kappa shape index (κ2) is 11.4. The molecule has 24 heavy (non-hydrogen) atoms. The SMILES string of the molecule is NCCCCCCCCCCNC(=O)[C@@H](O)[C@H]1OC(=O)[C@H](O)[C@H]1O. The lowest BCUT2D eigenvalue weighted by molar-refractivity contribution is -0.153. The number of esters is 1. The molecule has 0 aliphatic carbocycles. The number of hydrogen-bond acceptors (Lipinski definition) is 7. The van der Waals surface area contributed by atoms with E-state index in [1.165, 1.54) is 19.3 Å². The molecule has 0 aromatic heterocycles. The van der Waals surface area contributed by atoms with Gasteiger partial charge in [0.1, 0.15) is 6.10 Å². The highest BCUT2D eigenvalue weighted by Crippen LogP contribution is 2.19. The lowest BCUT2D eigenvalue weighted by Crippen LogP contribution is -2.47. The van der Waals surface area contributed by atoms with Crippen molar-refractivity contribution in [3.8, 4) is 0 Å². The number of cyclic esters (lactones) is 1. The molecule has 0 saturated carbocycles. The first-order valence-corrected chi connectivity index (χ1v) is 8.71. The first-order chi connectivity index (χ1) is 11.5. The molecule has 0 aromatic carbocycles. The molecular weight excluding hydrogens is 316 g/mol. The molecule has 6 N–H and O–H groups in total. The number of nitrogens with two attached hydrogens (primary N) is 1. The van der Waals surface area contributed by atoms with Crippen LogP contribution in [0.4, 0.5) is 0 Å². The van der Waals surface area contributed by atoms with Crippen molar-refractivity contribution in [1.29, 1.82) is 0 Å². The van der Waals surface area contributed by atoms with Crippen LogP contribution in [-0.2, 0) is 14.3 Å². The van der Waals surface area contributed by atoms with E-state index in [2.05, 4.69) is 10.1 Å². The molecule has 1 aliphatic rings. The summed E-state index contributed by atoms with van der Waals surface area (Å²) < 4.78 is 4.61. The standard InChI is InChI=1S/C16H30N2O6/c17-9-7-5-3-1-2-4-6-8-10-18-15(22)13(21)14-11(19)12(20)16(23)24-14/h11-14,19-21H,1-10,17H2,(H,18,22)/t11-,12-,13+,14+/m1/s1. The van der Waals surface area contributed by atoms with Gasteiger partial charge in [-0.05, 0) is 19.4 Å². The van der Waals surface area contributed by atoms with Gasteiger partial charge in [-0.15, -0.1) is 0 Å². The van der Waals surface area contributed by atoms with Crippen LogP contribution in [0.15, 0.2) is 0 Å². The highest BCUT2D eigenvalue weighted by atomic mass is 16.6. The topological polar surface area (TPSA) is 142 Å². The molecule has 0 radical (unpaired) electrons. The van der Waals surface area contributed by atoms with E-state index < -0.39 is 36.3 Å². The zero-order valence-electron chi connectivity index (χ0n) is 14.0. The maximum absolute atomic E-state index is 11.8. The fraction of sp³-hybridized carbons (Fsp3) is 0.875. The fourth-order valence-corrected chi connectivity index (χ4v) is 2.64. The van der Waals surface area contributed by atoms with Crippen molar-refractivity contribution in [2.45, 2.75) is 75.8 Å². The van der Waals surface area contributed by atoms with Gasteiger partial charge in [-0.25, -0.2) is 4.79 Å². The normalized spacial score (nSPS) is 24.7. The quantitative estimate of drug-likeness (QED) is 0.230. The van der Waals surface area contributed by atoms with Crippen LogP contribution in [0.25, 0.3) is 0 Å². The number of amides is 1. The van der Waals surface area contributed by atoms with Gasteiger partial charge in [0.05, 0.1) is 0 Å². The number of nitrogens with one attached hydrogen (secondary N) is 1. The average Bonchev–Trinajstić information content (AvgIpc) is 2.83. The summed E-state index contributed by atoms with van der Waals surface area (Å²) in [6.45, 7) is 1.16. The Kier molecular flexibility index (Phi) is 9.85. The van der Waals surface area contributed by atoms with E-state index >= 15 is 0 Å². The Morgan fingerprint density at radius 1 is 1.08 bits per heavy atom. The number of unbranched alkanes of at least 4 members (excludes halogenated alkanes) is 7. The van der Waals surface area contributed by atoms with Gasteiger partial charge in [0.25, 0.3) is 5.91 Å². The van der Waals surface area contributed by atoms with E-state index in [0.717, 1.165) is 38.6 Å². The molecule has 1 fully saturated rings. The van der Waals surface area contributed by atoms with Crippen LogP contribution in [0, 0.1) is 0 Å². The van der Waals surface area contributed by atoms with Gasteiger partial charge in [-0.3, -0.25) is 4.79 Å². The number of aliphatic hydroxyl groups is 3. The Labute approximate surface area is 142 Å². The molecule has 4 atom stereocenters. The van der Waals surface area contributed by atoms with Gasteiger partial charge in [0.2, 0.25) is 0 Å². The highest BCUT2D eigenvalue weighted by Gasteiger charge is 2.48. The lowest BCUT2D eigenvalue weighted by atomic mass is 10.1. The zero-order valence-corrected chi connectivity index (χ0v) is 14.0. The van der Waals surface area contributed by atoms with Gasteiger partial charge in [-0.1, -0.05) is 38.5 Å². The Bertz CT molecular complexity index is 393. The van der Waals surface area contributed by atoms with E-state index in [-0.39, 0.29) is 0 Å². The molecule has 0 unspecified atom stereocenters. The summed E-state index contributed by atoms with van der Waals surface area (Å²) in [5.74, 6) is -1.76. The van der Waals surface area contributed by atoms with Crippen molar-refractivity contribution in [3.63, 3.8) is 0 Å². The third kappa shape index (κ3) is 6.72. The van der Waals surface area contributed by atoms with Crippen LogP contribution in [0.5, 0.6) is 0 Å². The van der Waals surface area contributed by atoms with Crippen LogP contribution in [0.1, 0.15) is 51.4 Å². The third-order valence-corrected chi connectivity index (χ3v) is 4.16. The van der Waals surface area contributed by atoms with Crippen molar-refractivity contribution in [2.24, 2.45) is 5.73 Å². The summed E-state index contributed by atoms with van der Waals surface area (Å²) in [5, 5.41) is 31.1. The predicted molar refractivity (Wildman–Crippen MR) is 86.9 cm³/mol. The minimum absolute atomic E-state index is 0.405. The Hall–Kier alpha value is -1.22. The molecule has 8 heteroatoms. The Morgan fingerprint density at radius 3 is 2.12 bits per heavy atom. The Morgan fingerprint density at radius 2 is 1.62 bits per heavy atom. The molecule has 0 aromatic rings. The summed E-state index contributed by atoms with van der Waals surface area (Å²) in [4.78, 5) is 22.9. The van der Waals surface area contributed by atoms with E-state index in [1.54, 1.807) is 0 Å². The fourth-order valence-electron chi connectivity index (χ4n) is 2.64. The van der Waals surface area contributed by atoms with Crippen LogP contribution in [0.3, 0.4) is 0 Å². The second-order valence-electron chi connectivity index (χ2n) is 6.19. The molecule has 1 aliphatic heterocycles. The van der Waals surface area contributed by atoms with Crippen molar-refractivity contribution in [1.82, 2.24) is 5.32 Å². The number of aliphatic hydroxyl groups excluding tert-OH is 3. The predicted octanol–water partition coefficient (Wildman–Crippen LogP) is -0.810. The maximum atomic E-state index is 11.8. The van der Waals surface area contributed by atoms with Crippen LogP contribution >= 0.6 is 0 Å². The van der Waals surface area contributed by atoms with Crippen LogP contribution in [0.2, 0.25) is 0 Å². The summed E-state index contributed by atoms with van der Waals surface area (Å²) >= 11 is 0. The molecule has 1 rings (SSSR count). The molecule has 140 valence electrons. The molecule has 1 saturated heterocycles. The number of carbonyl (C=O) groups excluding carboxylic acids is 2. The van der Waals surface area contributed by atoms with Crippen molar-refractivity contribution >= 4 is 11.9 Å². The molecule has 8 nitrogen and oxygen atoms in total. The van der Waals surface area contributed by atoms with E-state index in [4.69, 9.17) is 5.73 Å². The number of rotatable bonds is 12. The van der Waals surface area contributed by atoms with E-state index in [1.807, 2.05) is 0 Å². The molecule has 0 bridgehead atoms. The minimum Gasteiger partial charge on any atom is -0.454 e. The van der Waals surface area contributed by atoms with Crippen molar-refractivity contribution in [2.75, 3.05) is 13.1 Å². The van der Waals surface area contributed by atoms with Crippen molar-refractivity contribution in [3.05, 3.63) is 0 Å². The number of hydrogen-bond donors (Lipinski definition) is 5. The third-order valence-electron chi connectivity index (χ3n) is 4.16. The Balaban J connectivity index is 2.06. The van der Waals surface area contributed by atoms with Crippen LogP contribution in [-0.4, -0.2) is 64.7 Å². The van der Waals surface area contributed by atoms with Gasteiger partial charge in [0, 0.05) is 6.54 Å². The largest absolute Gasteiger partial charge is 0.454 e. The smallest absolute Gasteiger partial charge is 0.338 e. The van der Waals surface area contributed by atoms with Crippen LogP contribution < -0.4 is 11.1 Å². The number of carbonyl (C=O) groups is 2. The summed E-state index contributed by atoms with van der Waals surface area (Å²) in [6.07, 6.45) is 2.23. The molecular formula is C16H30N2O6. The van der Waals surface area contributed by atoms with E-state index in [0.29, 0.717) is 6.54 Å². The maximum Gasteiger partial charge on any atom is 0.338 e. The van der Waals surface area contributed by atoms with Crippen molar-refractivity contribution < 1.29 is 29.6 Å². The van der Waals surface area contributed by atoms with Gasteiger partial charge in [-0.2, -0.15) is 0 Å². The summed E-state index contributed by atoms with van der Waals surface area (Å²) in [7, 11) is 0. The average molecular weight is 346 g/mol. The molecule has 0 spiro atoms. The van der Waals surface area contributed by atoms with Gasteiger partial charge in [0.15, 0.2) is 18.3 Å². The molecule has 1 heterocycles. The lowest BCUT2D eigenvalue weighted by Gasteiger charge is -2.19. The summed E-state index contributed by atoms with van der Waals surface area (Å²) in [5.41, 5.74) is 5.43. The molecule has 1 amide bonds. The monoisotopic (exact) mass is 346 g/mol. The second-order valence-corrected chi connectivity index (χ2v) is 6.19. The first kappa shape index (κ1) is 20.8. The highest BCUT2D eigenvalue weighted by molar-refractivity contribution is 5.84. The van der Waals surface area contributed by atoms with Gasteiger partial charge < -0.3 is 31.1 Å². The zero-order chi connectivity index (χ0) is 17.9. The van der Waals surface area contributed by atoms with E-state index in [9.17, 15) is 24.9 Å². The summed E-state index contributed by atoms with van der Waals surface area (Å²) in [6, 6.07) is 0. The van der Waals surface area contributed by atoms with Gasteiger partial charge >= 0.3 is 5.97 Å². The first-order valence-electron chi connectivity index (χ1n) is 8.71. The minimum atomic E-state index is -1.72. The number of ether oxygens (including phenoxy) is 1.